The molecule has 0 N–H and O–H groups in total. The van der Waals surface area contributed by atoms with E-state index in [0.29, 0.717) is 18.8 Å². The highest BCUT2D eigenvalue weighted by Crippen LogP contribution is 2.33. The van der Waals surface area contributed by atoms with Crippen molar-refractivity contribution in [3.8, 4) is 6.07 Å². The van der Waals surface area contributed by atoms with Crippen LogP contribution in [0.3, 0.4) is 0 Å². The first-order valence-electron chi connectivity index (χ1n) is 6.59. The van der Waals surface area contributed by atoms with Gasteiger partial charge in [-0.25, -0.2) is 0 Å². The van der Waals surface area contributed by atoms with E-state index >= 15 is 0 Å². The summed E-state index contributed by atoms with van der Waals surface area (Å²) in [5.74, 6) is 0.819. The summed E-state index contributed by atoms with van der Waals surface area (Å²) in [7, 11) is 0. The second-order valence-corrected chi connectivity index (χ2v) is 5.38. The number of piperazine rings is 1. The number of fused-ring (bicyclic) bond motifs is 2. The first-order chi connectivity index (χ1) is 9.72. The molecule has 0 aliphatic carbocycles. The average Bonchev–Trinajstić information content (AvgIpc) is 2.76. The zero-order chi connectivity index (χ0) is 14.1. The summed E-state index contributed by atoms with van der Waals surface area (Å²) in [6.45, 7) is 1.37. The smallest absolute Gasteiger partial charge is 0.237 e. The van der Waals surface area contributed by atoms with Crippen molar-refractivity contribution in [2.45, 2.75) is 24.9 Å². The highest BCUT2D eigenvalue weighted by molar-refractivity contribution is 6.27. The van der Waals surface area contributed by atoms with Gasteiger partial charge in [0.2, 0.25) is 5.91 Å². The Labute approximate surface area is 121 Å². The van der Waals surface area contributed by atoms with Crippen LogP contribution in [0.25, 0.3) is 0 Å². The van der Waals surface area contributed by atoms with E-state index in [-0.39, 0.29) is 23.9 Å². The van der Waals surface area contributed by atoms with Crippen LogP contribution in [0, 0.1) is 11.3 Å². The molecule has 0 saturated carbocycles. The molecule has 1 aromatic rings. The van der Waals surface area contributed by atoms with Crippen LogP contribution in [-0.4, -0.2) is 52.1 Å². The van der Waals surface area contributed by atoms with Crippen molar-refractivity contribution in [3.05, 3.63) is 17.8 Å². The number of halogens is 1. The van der Waals surface area contributed by atoms with E-state index in [9.17, 15) is 4.79 Å². The Balaban J connectivity index is 1.80. The molecule has 3 rings (SSSR count). The molecule has 6 nitrogen and oxygen atoms in total. The highest BCUT2D eigenvalue weighted by Gasteiger charge is 2.41. The van der Waals surface area contributed by atoms with Gasteiger partial charge >= 0.3 is 0 Å². The van der Waals surface area contributed by atoms with Crippen LogP contribution in [0.1, 0.15) is 18.5 Å². The molecule has 0 radical (unpaired) electrons. The lowest BCUT2D eigenvalue weighted by Gasteiger charge is -2.41. The third-order valence-electron chi connectivity index (χ3n) is 3.98. The Morgan fingerprint density at radius 2 is 2.05 bits per heavy atom. The van der Waals surface area contributed by atoms with Gasteiger partial charge in [-0.15, -0.1) is 21.8 Å². The van der Waals surface area contributed by atoms with Crippen LogP contribution in [0.5, 0.6) is 0 Å². The molecule has 1 amide bonds. The maximum Gasteiger partial charge on any atom is 0.237 e. The van der Waals surface area contributed by atoms with Crippen LogP contribution in [0.2, 0.25) is 0 Å². The minimum atomic E-state index is -0.00544. The lowest BCUT2D eigenvalue weighted by atomic mass is 10.2. The van der Waals surface area contributed by atoms with Gasteiger partial charge in [0.15, 0.2) is 11.5 Å². The summed E-state index contributed by atoms with van der Waals surface area (Å²) in [6.07, 6.45) is 2.08. The van der Waals surface area contributed by atoms with E-state index in [4.69, 9.17) is 16.9 Å². The van der Waals surface area contributed by atoms with Gasteiger partial charge in [0.1, 0.15) is 11.9 Å². The number of anilines is 1. The van der Waals surface area contributed by atoms with Gasteiger partial charge in [0, 0.05) is 25.2 Å². The van der Waals surface area contributed by atoms with Gasteiger partial charge in [0.25, 0.3) is 0 Å². The van der Waals surface area contributed by atoms with E-state index in [1.165, 1.54) is 0 Å². The Hall–Kier alpha value is -1.87. The molecule has 104 valence electrons. The number of likely N-dealkylation sites (tertiary alicyclic amines) is 1. The van der Waals surface area contributed by atoms with Crippen molar-refractivity contribution in [2.75, 3.05) is 23.9 Å². The molecular formula is C13H14ClN5O. The fraction of sp³-hybridized carbons (Fsp3) is 0.538. The van der Waals surface area contributed by atoms with Gasteiger partial charge in [-0.3, -0.25) is 4.79 Å². The van der Waals surface area contributed by atoms with E-state index < -0.39 is 0 Å². The fourth-order valence-corrected chi connectivity index (χ4v) is 3.26. The van der Waals surface area contributed by atoms with Crippen LogP contribution in [0.15, 0.2) is 12.1 Å². The number of carbonyl (C=O) groups excluding carboxylic acids is 1. The van der Waals surface area contributed by atoms with Crippen LogP contribution in [-0.2, 0) is 4.79 Å². The molecule has 7 heteroatoms. The van der Waals surface area contributed by atoms with Crippen molar-refractivity contribution in [2.24, 2.45) is 0 Å². The normalized spacial score (nSPS) is 24.6. The predicted octanol–water partition coefficient (Wildman–Crippen LogP) is 0.767. The number of carbonyl (C=O) groups is 1. The summed E-state index contributed by atoms with van der Waals surface area (Å²) >= 11 is 5.63. The molecule has 1 unspecified atom stereocenters. The maximum atomic E-state index is 11.7. The highest BCUT2D eigenvalue weighted by atomic mass is 35.5. The summed E-state index contributed by atoms with van der Waals surface area (Å²) in [6, 6.07) is 6.01. The molecule has 0 aromatic carbocycles. The first-order valence-corrected chi connectivity index (χ1v) is 7.12. The zero-order valence-corrected chi connectivity index (χ0v) is 11.6. The maximum absolute atomic E-state index is 11.7. The van der Waals surface area contributed by atoms with Gasteiger partial charge in [-0.2, -0.15) is 5.26 Å². The summed E-state index contributed by atoms with van der Waals surface area (Å²) in [4.78, 5) is 15.8. The summed E-state index contributed by atoms with van der Waals surface area (Å²) < 4.78 is 0. The summed E-state index contributed by atoms with van der Waals surface area (Å²) in [5.41, 5.74) is 0.317. The lowest BCUT2D eigenvalue weighted by Crippen LogP contribution is -2.56. The Morgan fingerprint density at radius 3 is 2.55 bits per heavy atom. The molecule has 2 atom stereocenters. The van der Waals surface area contributed by atoms with E-state index in [1.54, 1.807) is 6.07 Å². The first kappa shape index (κ1) is 13.1. The number of amides is 1. The molecule has 3 heterocycles. The molecule has 2 aliphatic heterocycles. The Bertz CT molecular complexity index is 541. The van der Waals surface area contributed by atoms with Crippen molar-refractivity contribution < 1.29 is 4.79 Å². The Kier molecular flexibility index (Phi) is 3.45. The van der Waals surface area contributed by atoms with Crippen LogP contribution < -0.4 is 4.90 Å². The molecule has 2 saturated heterocycles. The molecule has 20 heavy (non-hydrogen) atoms. The summed E-state index contributed by atoms with van der Waals surface area (Å²) in [5, 5.41) is 16.8. The minimum Gasteiger partial charge on any atom is -0.346 e. The topological polar surface area (TPSA) is 73.1 Å². The number of aromatic nitrogens is 2. The minimum absolute atomic E-state index is 0.00544. The number of alkyl halides is 1. The lowest BCUT2D eigenvalue weighted by molar-refractivity contribution is -0.129. The molecule has 1 aromatic heterocycles. The third-order valence-corrected chi connectivity index (χ3v) is 4.21. The monoisotopic (exact) mass is 291 g/mol. The fourth-order valence-electron chi connectivity index (χ4n) is 3.09. The Morgan fingerprint density at radius 1 is 1.35 bits per heavy atom. The number of nitrogens with zero attached hydrogens (tertiary/aromatic N) is 5. The number of rotatable bonds is 2. The van der Waals surface area contributed by atoms with Crippen LogP contribution in [0.4, 0.5) is 5.82 Å². The number of hydrogen-bond donors (Lipinski definition) is 0. The number of hydrogen-bond acceptors (Lipinski definition) is 5. The largest absolute Gasteiger partial charge is 0.346 e. The third kappa shape index (κ3) is 2.18. The zero-order valence-electron chi connectivity index (χ0n) is 10.9. The molecule has 2 bridgehead atoms. The molecule has 2 fully saturated rings. The second kappa shape index (κ2) is 5.25. The van der Waals surface area contributed by atoms with Crippen molar-refractivity contribution >= 4 is 23.3 Å². The standard InChI is InChI=1S/C13H14ClN5O/c14-5-13(20)18-7-10-2-3-11(8-18)19(10)12-4-1-9(6-15)16-17-12/h1,4,10-11H,2-3,5,7-8H2/t10-,11?/m0/s1. The van der Waals surface area contributed by atoms with E-state index in [2.05, 4.69) is 15.1 Å². The second-order valence-electron chi connectivity index (χ2n) is 5.11. The SMILES string of the molecule is N#Cc1ccc(N2C3CC[C@H]2CN(C(=O)CCl)C3)nn1. The predicted molar refractivity (Wildman–Crippen MR) is 73.3 cm³/mol. The van der Waals surface area contributed by atoms with Gasteiger partial charge in [-0.05, 0) is 25.0 Å². The molecular weight excluding hydrogens is 278 g/mol. The van der Waals surface area contributed by atoms with E-state index in [1.807, 2.05) is 17.0 Å². The van der Waals surface area contributed by atoms with Gasteiger partial charge < -0.3 is 9.80 Å². The van der Waals surface area contributed by atoms with Gasteiger partial charge in [0.05, 0.1) is 0 Å². The molecule has 2 aliphatic rings. The number of nitriles is 1. The van der Waals surface area contributed by atoms with Gasteiger partial charge in [-0.1, -0.05) is 0 Å². The van der Waals surface area contributed by atoms with Crippen molar-refractivity contribution in [1.29, 1.82) is 5.26 Å². The quantitative estimate of drug-likeness (QED) is 0.753. The van der Waals surface area contributed by atoms with Crippen molar-refractivity contribution in [3.63, 3.8) is 0 Å². The van der Waals surface area contributed by atoms with Crippen molar-refractivity contribution in [1.82, 2.24) is 15.1 Å². The van der Waals surface area contributed by atoms with Crippen LogP contribution >= 0.6 is 11.6 Å². The molecule has 0 spiro atoms. The van der Waals surface area contributed by atoms with E-state index in [0.717, 1.165) is 18.7 Å². The average molecular weight is 292 g/mol.